The van der Waals surface area contributed by atoms with E-state index in [2.05, 4.69) is 18.6 Å². The molecule has 0 amide bonds. The molecule has 0 aliphatic rings. The number of rotatable bonds is 5. The van der Waals surface area contributed by atoms with Gasteiger partial charge in [-0.25, -0.2) is 0 Å². The van der Waals surface area contributed by atoms with Gasteiger partial charge in [0.2, 0.25) is 0 Å². The van der Waals surface area contributed by atoms with E-state index in [1.54, 1.807) is 0 Å². The smallest absolute Gasteiger partial charge is 0.0537 e. The first-order valence-electron chi connectivity index (χ1n) is 4.66. The average Bonchev–Trinajstić information content (AvgIpc) is 2.54. The molecule has 1 heterocycles. The summed E-state index contributed by atoms with van der Waals surface area (Å²) in [6.07, 6.45) is 7.58. The summed E-state index contributed by atoms with van der Waals surface area (Å²) in [6.45, 7) is 6.75. The van der Waals surface area contributed by atoms with Gasteiger partial charge in [0.1, 0.15) is 0 Å². The van der Waals surface area contributed by atoms with Crippen molar-refractivity contribution in [2.24, 2.45) is 5.73 Å². The fraction of sp³-hybridized carbons (Fsp3) is 0.500. The topological polar surface area (TPSA) is 43.8 Å². The van der Waals surface area contributed by atoms with E-state index in [1.807, 2.05) is 23.2 Å². The van der Waals surface area contributed by atoms with Crippen molar-refractivity contribution in [2.75, 3.05) is 0 Å². The van der Waals surface area contributed by atoms with Gasteiger partial charge in [0, 0.05) is 24.3 Å². The van der Waals surface area contributed by atoms with Gasteiger partial charge in [-0.2, -0.15) is 5.10 Å². The Morgan fingerprint density at radius 1 is 1.77 bits per heavy atom. The first kappa shape index (κ1) is 9.99. The molecule has 1 aromatic heterocycles. The highest BCUT2D eigenvalue weighted by molar-refractivity contribution is 5.10. The first-order valence-corrected chi connectivity index (χ1v) is 4.66. The molecule has 0 bridgehead atoms. The Balaban J connectivity index is 2.61. The van der Waals surface area contributed by atoms with Crippen LogP contribution in [0.5, 0.6) is 0 Å². The largest absolute Gasteiger partial charge is 0.324 e. The third-order valence-corrected chi connectivity index (χ3v) is 1.95. The van der Waals surface area contributed by atoms with Crippen LogP contribution in [0.1, 0.15) is 31.4 Å². The number of hydrogen-bond acceptors (Lipinski definition) is 2. The van der Waals surface area contributed by atoms with Crippen molar-refractivity contribution in [3.05, 3.63) is 30.6 Å². The number of nitrogens with two attached hydrogens (primary N) is 1. The monoisotopic (exact) mass is 179 g/mol. The number of nitrogens with zero attached hydrogens (tertiary/aromatic N) is 2. The van der Waals surface area contributed by atoms with E-state index in [0.29, 0.717) is 0 Å². The minimum absolute atomic E-state index is 0.0445. The molecule has 72 valence electrons. The molecule has 0 aliphatic heterocycles. The lowest BCUT2D eigenvalue weighted by Gasteiger charge is -2.04. The van der Waals surface area contributed by atoms with Crippen molar-refractivity contribution >= 4 is 0 Å². The highest BCUT2D eigenvalue weighted by atomic mass is 15.3. The number of aryl methyl sites for hydroxylation is 1. The number of hydrogen-bond donors (Lipinski definition) is 1. The Labute approximate surface area is 79.2 Å². The fourth-order valence-corrected chi connectivity index (χ4v) is 1.24. The Bertz CT molecular complexity index is 265. The normalized spacial score (nSPS) is 12.8. The summed E-state index contributed by atoms with van der Waals surface area (Å²) in [5.41, 5.74) is 6.98. The van der Waals surface area contributed by atoms with E-state index in [1.165, 1.54) is 0 Å². The van der Waals surface area contributed by atoms with Crippen LogP contribution in [0.3, 0.4) is 0 Å². The summed E-state index contributed by atoms with van der Waals surface area (Å²) < 4.78 is 1.93. The summed E-state index contributed by atoms with van der Waals surface area (Å²) in [4.78, 5) is 0. The maximum Gasteiger partial charge on any atom is 0.0537 e. The SMILES string of the molecule is C=CCC(N)c1cnn(CCC)c1. The molecule has 1 unspecified atom stereocenters. The predicted octanol–water partition coefficient (Wildman–Crippen LogP) is 1.87. The van der Waals surface area contributed by atoms with Crippen LogP contribution in [0.15, 0.2) is 25.0 Å². The molecule has 3 heteroatoms. The second-order valence-corrected chi connectivity index (χ2v) is 3.17. The lowest BCUT2D eigenvalue weighted by Crippen LogP contribution is -2.07. The van der Waals surface area contributed by atoms with Gasteiger partial charge in [0.25, 0.3) is 0 Å². The zero-order valence-corrected chi connectivity index (χ0v) is 8.11. The van der Waals surface area contributed by atoms with Crippen LogP contribution in [0.25, 0.3) is 0 Å². The summed E-state index contributed by atoms with van der Waals surface area (Å²) in [7, 11) is 0. The molecule has 0 saturated carbocycles. The zero-order chi connectivity index (χ0) is 9.68. The van der Waals surface area contributed by atoms with Gasteiger partial charge in [-0.3, -0.25) is 4.68 Å². The van der Waals surface area contributed by atoms with E-state index < -0.39 is 0 Å². The number of aromatic nitrogens is 2. The van der Waals surface area contributed by atoms with Crippen molar-refractivity contribution in [3.8, 4) is 0 Å². The lowest BCUT2D eigenvalue weighted by atomic mass is 10.1. The zero-order valence-electron chi connectivity index (χ0n) is 8.11. The summed E-state index contributed by atoms with van der Waals surface area (Å²) in [5.74, 6) is 0. The molecule has 13 heavy (non-hydrogen) atoms. The Morgan fingerprint density at radius 3 is 3.15 bits per heavy atom. The van der Waals surface area contributed by atoms with Crippen molar-refractivity contribution in [1.29, 1.82) is 0 Å². The van der Waals surface area contributed by atoms with Crippen molar-refractivity contribution in [2.45, 2.75) is 32.4 Å². The molecule has 0 aliphatic carbocycles. The van der Waals surface area contributed by atoms with Crippen molar-refractivity contribution in [1.82, 2.24) is 9.78 Å². The van der Waals surface area contributed by atoms with Crippen molar-refractivity contribution < 1.29 is 0 Å². The molecule has 1 atom stereocenters. The van der Waals surface area contributed by atoms with Gasteiger partial charge in [0.05, 0.1) is 6.20 Å². The summed E-state index contributed by atoms with van der Waals surface area (Å²) in [5, 5.41) is 4.21. The molecule has 3 nitrogen and oxygen atoms in total. The molecule has 0 fully saturated rings. The second kappa shape index (κ2) is 4.82. The van der Waals surface area contributed by atoms with Crippen LogP contribution in [-0.4, -0.2) is 9.78 Å². The standard InChI is InChI=1S/C10H17N3/c1-3-5-10(11)9-7-12-13(8-9)6-4-2/h3,7-8,10H,1,4-6,11H2,2H3. The van der Waals surface area contributed by atoms with Crippen LogP contribution in [0.2, 0.25) is 0 Å². The van der Waals surface area contributed by atoms with Crippen LogP contribution in [0.4, 0.5) is 0 Å². The highest BCUT2D eigenvalue weighted by Crippen LogP contribution is 2.12. The Kier molecular flexibility index (Phi) is 3.71. The molecule has 0 radical (unpaired) electrons. The van der Waals surface area contributed by atoms with Crippen LogP contribution >= 0.6 is 0 Å². The molecular formula is C10H17N3. The second-order valence-electron chi connectivity index (χ2n) is 3.17. The third kappa shape index (κ3) is 2.70. The molecule has 0 aromatic carbocycles. The van der Waals surface area contributed by atoms with E-state index >= 15 is 0 Å². The van der Waals surface area contributed by atoms with Gasteiger partial charge >= 0.3 is 0 Å². The van der Waals surface area contributed by atoms with E-state index in [4.69, 9.17) is 5.73 Å². The molecule has 1 rings (SSSR count). The Hall–Kier alpha value is -1.09. The molecule has 2 N–H and O–H groups in total. The third-order valence-electron chi connectivity index (χ3n) is 1.95. The van der Waals surface area contributed by atoms with E-state index in [0.717, 1.165) is 24.9 Å². The predicted molar refractivity (Wildman–Crippen MR) is 54.3 cm³/mol. The minimum atomic E-state index is 0.0445. The van der Waals surface area contributed by atoms with Gasteiger partial charge in [-0.05, 0) is 12.8 Å². The summed E-state index contributed by atoms with van der Waals surface area (Å²) in [6, 6.07) is 0.0445. The van der Waals surface area contributed by atoms with E-state index in [9.17, 15) is 0 Å². The van der Waals surface area contributed by atoms with E-state index in [-0.39, 0.29) is 6.04 Å². The maximum atomic E-state index is 5.89. The summed E-state index contributed by atoms with van der Waals surface area (Å²) >= 11 is 0. The first-order chi connectivity index (χ1) is 6.27. The van der Waals surface area contributed by atoms with Crippen LogP contribution in [0, 0.1) is 0 Å². The lowest BCUT2D eigenvalue weighted by molar-refractivity contribution is 0.601. The van der Waals surface area contributed by atoms with Gasteiger partial charge in [-0.15, -0.1) is 6.58 Å². The maximum absolute atomic E-state index is 5.89. The highest BCUT2D eigenvalue weighted by Gasteiger charge is 2.05. The minimum Gasteiger partial charge on any atom is -0.324 e. The molecule has 0 spiro atoms. The molecule has 0 saturated heterocycles. The quantitative estimate of drug-likeness (QED) is 0.701. The fourth-order valence-electron chi connectivity index (χ4n) is 1.24. The van der Waals surface area contributed by atoms with Crippen LogP contribution in [-0.2, 0) is 6.54 Å². The Morgan fingerprint density at radius 2 is 2.54 bits per heavy atom. The van der Waals surface area contributed by atoms with Crippen molar-refractivity contribution in [3.63, 3.8) is 0 Å². The molecular weight excluding hydrogens is 162 g/mol. The molecule has 1 aromatic rings. The van der Waals surface area contributed by atoms with Gasteiger partial charge < -0.3 is 5.73 Å². The van der Waals surface area contributed by atoms with Crippen LogP contribution < -0.4 is 5.73 Å². The van der Waals surface area contributed by atoms with Gasteiger partial charge in [-0.1, -0.05) is 13.0 Å². The average molecular weight is 179 g/mol. The van der Waals surface area contributed by atoms with Gasteiger partial charge in [0.15, 0.2) is 0 Å².